The molecule has 0 bridgehead atoms. The summed E-state index contributed by atoms with van der Waals surface area (Å²) < 4.78 is 11.5. The third-order valence-corrected chi connectivity index (χ3v) is 4.58. The van der Waals surface area contributed by atoms with Crippen molar-refractivity contribution in [1.29, 1.82) is 0 Å². The Balaban J connectivity index is 1.63. The smallest absolute Gasteiger partial charge is 0.257 e. The first kappa shape index (κ1) is 18.2. The maximum atomic E-state index is 13.0. The first-order valence-corrected chi connectivity index (χ1v) is 9.08. The van der Waals surface area contributed by atoms with Crippen molar-refractivity contribution in [2.24, 2.45) is 5.92 Å². The molecule has 0 spiro atoms. The highest BCUT2D eigenvalue weighted by molar-refractivity contribution is 5.97. The van der Waals surface area contributed by atoms with Gasteiger partial charge in [0.15, 0.2) is 0 Å². The molecule has 2 aromatic rings. The summed E-state index contributed by atoms with van der Waals surface area (Å²) in [5, 5.41) is 0. The third kappa shape index (κ3) is 4.73. The maximum Gasteiger partial charge on any atom is 0.257 e. The highest BCUT2D eigenvalue weighted by atomic mass is 16.5. The van der Waals surface area contributed by atoms with Crippen LogP contribution in [0.4, 0.5) is 0 Å². The second-order valence-electron chi connectivity index (χ2n) is 6.47. The fraction of sp³-hybridized carbons (Fsp3) is 0.318. The Kier molecular flexibility index (Phi) is 6.45. The van der Waals surface area contributed by atoms with E-state index in [2.05, 4.69) is 6.58 Å². The number of hydrogen-bond acceptors (Lipinski definition) is 3. The van der Waals surface area contributed by atoms with Gasteiger partial charge in [-0.05, 0) is 43.0 Å². The molecule has 1 aliphatic heterocycles. The summed E-state index contributed by atoms with van der Waals surface area (Å²) in [6, 6.07) is 17.0. The van der Waals surface area contributed by atoms with Gasteiger partial charge in [-0.15, -0.1) is 6.58 Å². The second-order valence-corrected chi connectivity index (χ2v) is 6.47. The van der Waals surface area contributed by atoms with E-state index in [1.54, 1.807) is 6.08 Å². The van der Waals surface area contributed by atoms with Gasteiger partial charge >= 0.3 is 0 Å². The molecule has 0 unspecified atom stereocenters. The molecule has 1 heterocycles. The first-order chi connectivity index (χ1) is 12.8. The number of carbonyl (C=O) groups is 1. The SMILES string of the molecule is C=CCOCC1CCN(C(=O)c2ccccc2Oc2ccccc2)CC1. The number of nitrogens with zero attached hydrogens (tertiary/aromatic N) is 1. The van der Waals surface area contributed by atoms with Crippen LogP contribution >= 0.6 is 0 Å². The van der Waals surface area contributed by atoms with Crippen LogP contribution in [0.3, 0.4) is 0 Å². The van der Waals surface area contributed by atoms with Gasteiger partial charge in [0, 0.05) is 19.7 Å². The van der Waals surface area contributed by atoms with Gasteiger partial charge in [-0.1, -0.05) is 36.4 Å². The van der Waals surface area contributed by atoms with Crippen LogP contribution in [-0.2, 0) is 4.74 Å². The van der Waals surface area contributed by atoms with Crippen LogP contribution in [0, 0.1) is 5.92 Å². The molecule has 1 aliphatic rings. The van der Waals surface area contributed by atoms with E-state index < -0.39 is 0 Å². The number of amides is 1. The Morgan fingerprint density at radius 3 is 2.50 bits per heavy atom. The Morgan fingerprint density at radius 1 is 1.08 bits per heavy atom. The fourth-order valence-corrected chi connectivity index (χ4v) is 3.14. The molecule has 4 nitrogen and oxygen atoms in total. The standard InChI is InChI=1S/C22H25NO3/c1-2-16-25-17-18-12-14-23(15-13-18)22(24)20-10-6-7-11-21(20)26-19-8-4-3-5-9-19/h2-11,18H,1,12-17H2. The summed E-state index contributed by atoms with van der Waals surface area (Å²) in [6.45, 7) is 6.49. The van der Waals surface area contributed by atoms with E-state index in [9.17, 15) is 4.79 Å². The second kappa shape index (κ2) is 9.20. The lowest BCUT2D eigenvalue weighted by Crippen LogP contribution is -2.39. The highest BCUT2D eigenvalue weighted by Crippen LogP contribution is 2.27. The summed E-state index contributed by atoms with van der Waals surface area (Å²) in [5.74, 6) is 1.86. The van der Waals surface area contributed by atoms with Crippen LogP contribution in [0.25, 0.3) is 0 Å². The molecule has 1 fully saturated rings. The van der Waals surface area contributed by atoms with E-state index >= 15 is 0 Å². The number of para-hydroxylation sites is 2. The summed E-state index contributed by atoms with van der Waals surface area (Å²) in [7, 11) is 0. The lowest BCUT2D eigenvalue weighted by molar-refractivity contribution is 0.0573. The number of hydrogen-bond donors (Lipinski definition) is 0. The molecule has 0 radical (unpaired) electrons. The van der Waals surface area contributed by atoms with Crippen LogP contribution in [-0.4, -0.2) is 37.1 Å². The van der Waals surface area contributed by atoms with Crippen molar-refractivity contribution in [3.63, 3.8) is 0 Å². The molecular weight excluding hydrogens is 326 g/mol. The molecule has 0 atom stereocenters. The van der Waals surface area contributed by atoms with Crippen LogP contribution in [0.2, 0.25) is 0 Å². The highest BCUT2D eigenvalue weighted by Gasteiger charge is 2.25. The molecule has 0 aliphatic carbocycles. The van der Waals surface area contributed by atoms with Crippen molar-refractivity contribution in [2.75, 3.05) is 26.3 Å². The van der Waals surface area contributed by atoms with Gasteiger partial charge in [0.25, 0.3) is 5.91 Å². The van der Waals surface area contributed by atoms with Crippen LogP contribution in [0.15, 0.2) is 67.3 Å². The van der Waals surface area contributed by atoms with E-state index in [-0.39, 0.29) is 5.91 Å². The summed E-state index contributed by atoms with van der Waals surface area (Å²) >= 11 is 0. The van der Waals surface area contributed by atoms with Gasteiger partial charge in [0.05, 0.1) is 12.2 Å². The topological polar surface area (TPSA) is 38.8 Å². The Bertz CT molecular complexity index is 721. The van der Waals surface area contributed by atoms with E-state index in [4.69, 9.17) is 9.47 Å². The molecule has 0 saturated carbocycles. The summed E-state index contributed by atoms with van der Waals surface area (Å²) in [5.41, 5.74) is 0.609. The molecule has 4 heteroatoms. The first-order valence-electron chi connectivity index (χ1n) is 9.08. The van der Waals surface area contributed by atoms with Crippen molar-refractivity contribution in [3.8, 4) is 11.5 Å². The zero-order valence-electron chi connectivity index (χ0n) is 15.0. The minimum Gasteiger partial charge on any atom is -0.457 e. The van der Waals surface area contributed by atoms with E-state index in [1.807, 2.05) is 59.5 Å². The monoisotopic (exact) mass is 351 g/mol. The lowest BCUT2D eigenvalue weighted by atomic mass is 9.97. The molecule has 1 amide bonds. The Morgan fingerprint density at radius 2 is 1.77 bits per heavy atom. The van der Waals surface area contributed by atoms with Gasteiger partial charge in [-0.3, -0.25) is 4.79 Å². The van der Waals surface area contributed by atoms with E-state index in [1.165, 1.54) is 0 Å². The lowest BCUT2D eigenvalue weighted by Gasteiger charge is -2.32. The average molecular weight is 351 g/mol. The molecule has 0 aromatic heterocycles. The minimum absolute atomic E-state index is 0.0296. The van der Waals surface area contributed by atoms with Gasteiger partial charge in [-0.2, -0.15) is 0 Å². The molecule has 136 valence electrons. The number of carbonyl (C=O) groups excluding carboxylic acids is 1. The molecule has 1 saturated heterocycles. The quantitative estimate of drug-likeness (QED) is 0.543. The van der Waals surface area contributed by atoms with E-state index in [0.717, 1.165) is 38.3 Å². The molecule has 3 rings (SSSR count). The summed E-state index contributed by atoms with van der Waals surface area (Å²) in [4.78, 5) is 14.9. The van der Waals surface area contributed by atoms with Gasteiger partial charge < -0.3 is 14.4 Å². The zero-order chi connectivity index (χ0) is 18.2. The van der Waals surface area contributed by atoms with Gasteiger partial charge in [0.2, 0.25) is 0 Å². The van der Waals surface area contributed by atoms with Crippen molar-refractivity contribution in [3.05, 3.63) is 72.8 Å². The van der Waals surface area contributed by atoms with Crippen LogP contribution in [0.5, 0.6) is 11.5 Å². The van der Waals surface area contributed by atoms with Gasteiger partial charge in [0.1, 0.15) is 11.5 Å². The molecule has 2 aromatic carbocycles. The van der Waals surface area contributed by atoms with Crippen LogP contribution in [0.1, 0.15) is 23.2 Å². The van der Waals surface area contributed by atoms with Crippen molar-refractivity contribution < 1.29 is 14.3 Å². The number of ether oxygens (including phenoxy) is 2. The Labute approximate surface area is 155 Å². The Hall–Kier alpha value is -2.59. The predicted octanol–water partition coefficient (Wildman–Crippen LogP) is 4.53. The van der Waals surface area contributed by atoms with Crippen LogP contribution < -0.4 is 4.74 Å². The largest absolute Gasteiger partial charge is 0.457 e. The van der Waals surface area contributed by atoms with Crippen molar-refractivity contribution in [1.82, 2.24) is 4.90 Å². The van der Waals surface area contributed by atoms with Crippen molar-refractivity contribution in [2.45, 2.75) is 12.8 Å². The predicted molar refractivity (Wildman–Crippen MR) is 103 cm³/mol. The molecule has 0 N–H and O–H groups in total. The minimum atomic E-state index is 0.0296. The number of likely N-dealkylation sites (tertiary alicyclic amines) is 1. The third-order valence-electron chi connectivity index (χ3n) is 4.58. The zero-order valence-corrected chi connectivity index (χ0v) is 15.0. The number of rotatable bonds is 7. The summed E-state index contributed by atoms with van der Waals surface area (Å²) in [6.07, 6.45) is 3.69. The number of piperidine rings is 1. The maximum absolute atomic E-state index is 13.0. The van der Waals surface area contributed by atoms with Gasteiger partial charge in [-0.25, -0.2) is 0 Å². The molecular formula is C22H25NO3. The van der Waals surface area contributed by atoms with E-state index in [0.29, 0.717) is 23.8 Å². The molecule has 26 heavy (non-hydrogen) atoms. The average Bonchev–Trinajstić information content (AvgIpc) is 2.69. The van der Waals surface area contributed by atoms with Crippen molar-refractivity contribution >= 4 is 5.91 Å². The normalized spacial score (nSPS) is 14.8. The number of benzene rings is 2. The fourth-order valence-electron chi connectivity index (χ4n) is 3.14.